The lowest BCUT2D eigenvalue weighted by Crippen LogP contribution is -2.27. The summed E-state index contributed by atoms with van der Waals surface area (Å²) in [4.78, 5) is 11.3. The van der Waals surface area contributed by atoms with Crippen molar-refractivity contribution in [3.8, 4) is 0 Å². The average Bonchev–Trinajstić information content (AvgIpc) is 2.48. The summed E-state index contributed by atoms with van der Waals surface area (Å²) in [6, 6.07) is 12.1. The van der Waals surface area contributed by atoms with E-state index in [1.807, 2.05) is 24.3 Å². The summed E-state index contributed by atoms with van der Waals surface area (Å²) in [5.74, 6) is 0.602. The van der Waals surface area contributed by atoms with E-state index in [1.165, 1.54) is 0 Å². The number of aliphatic hydroxyl groups is 1. The zero-order chi connectivity index (χ0) is 15.8. The molecule has 0 bridgehead atoms. The Kier molecular flexibility index (Phi) is 6.49. The zero-order valence-corrected chi connectivity index (χ0v) is 13.4. The van der Waals surface area contributed by atoms with Gasteiger partial charge >= 0.3 is 0 Å². The number of hydrogen-bond donors (Lipinski definition) is 1. The Morgan fingerprint density at radius 1 is 1.00 bits per heavy atom. The molecule has 0 saturated carbocycles. The first-order valence-corrected chi connectivity index (χ1v) is 7.85. The lowest BCUT2D eigenvalue weighted by molar-refractivity contribution is 0.181. The molecular formula is C18H25N3O. The van der Waals surface area contributed by atoms with Gasteiger partial charge < -0.3 is 5.11 Å². The molecule has 2 aromatic heterocycles. The third kappa shape index (κ3) is 5.54. The van der Waals surface area contributed by atoms with E-state index >= 15 is 0 Å². The van der Waals surface area contributed by atoms with Crippen LogP contribution in [0.2, 0.25) is 0 Å². The minimum absolute atomic E-state index is 0.137. The van der Waals surface area contributed by atoms with Crippen molar-refractivity contribution >= 4 is 0 Å². The molecule has 2 rings (SSSR count). The zero-order valence-electron chi connectivity index (χ0n) is 13.4. The summed E-state index contributed by atoms with van der Waals surface area (Å²) < 4.78 is 0. The van der Waals surface area contributed by atoms with E-state index in [-0.39, 0.29) is 6.61 Å². The molecule has 0 spiro atoms. The quantitative estimate of drug-likeness (QED) is 0.814. The van der Waals surface area contributed by atoms with E-state index in [4.69, 9.17) is 4.98 Å². The molecule has 22 heavy (non-hydrogen) atoms. The van der Waals surface area contributed by atoms with E-state index in [2.05, 4.69) is 35.9 Å². The largest absolute Gasteiger partial charge is 0.395 e. The monoisotopic (exact) mass is 299 g/mol. The first-order chi connectivity index (χ1) is 10.7. The molecule has 0 aliphatic rings. The van der Waals surface area contributed by atoms with E-state index in [0.29, 0.717) is 12.5 Å². The predicted octanol–water partition coefficient (Wildman–Crippen LogP) is 2.67. The van der Waals surface area contributed by atoms with Gasteiger partial charge in [-0.3, -0.25) is 14.9 Å². The van der Waals surface area contributed by atoms with Crippen molar-refractivity contribution in [1.82, 2.24) is 14.9 Å². The van der Waals surface area contributed by atoms with Gasteiger partial charge in [-0.1, -0.05) is 26.0 Å². The van der Waals surface area contributed by atoms with Crippen molar-refractivity contribution in [2.45, 2.75) is 33.4 Å². The van der Waals surface area contributed by atoms with Gasteiger partial charge in [-0.05, 0) is 36.6 Å². The highest BCUT2D eigenvalue weighted by Gasteiger charge is 2.09. The number of hydrogen-bond acceptors (Lipinski definition) is 4. The first-order valence-electron chi connectivity index (χ1n) is 7.85. The predicted molar refractivity (Wildman–Crippen MR) is 88.2 cm³/mol. The van der Waals surface area contributed by atoms with Crippen LogP contribution >= 0.6 is 0 Å². The highest BCUT2D eigenvalue weighted by Crippen LogP contribution is 2.10. The summed E-state index contributed by atoms with van der Waals surface area (Å²) in [5.41, 5.74) is 3.19. The van der Waals surface area contributed by atoms with E-state index in [0.717, 1.165) is 36.6 Å². The van der Waals surface area contributed by atoms with Crippen LogP contribution in [0.25, 0.3) is 0 Å². The Bertz CT molecular complexity index is 557. The molecule has 1 N–H and O–H groups in total. The number of aliphatic hydroxyl groups excluding tert-OH is 1. The van der Waals surface area contributed by atoms with Gasteiger partial charge in [0.05, 0.1) is 18.0 Å². The Balaban J connectivity index is 2.04. The molecule has 0 amide bonds. The van der Waals surface area contributed by atoms with Gasteiger partial charge in [-0.15, -0.1) is 0 Å². The van der Waals surface area contributed by atoms with Gasteiger partial charge in [0.25, 0.3) is 0 Å². The molecule has 4 heteroatoms. The highest BCUT2D eigenvalue weighted by molar-refractivity contribution is 5.12. The Morgan fingerprint density at radius 3 is 2.41 bits per heavy atom. The summed E-state index contributed by atoms with van der Waals surface area (Å²) in [6.45, 7) is 6.60. The Morgan fingerprint density at radius 2 is 1.73 bits per heavy atom. The molecule has 118 valence electrons. The number of nitrogens with zero attached hydrogens (tertiary/aromatic N) is 3. The summed E-state index contributed by atoms with van der Waals surface area (Å²) in [7, 11) is 0. The SMILES string of the molecule is CC(C)Cc1cccc(CN(CCO)Cc2ccccn2)n1. The molecular weight excluding hydrogens is 274 g/mol. The van der Waals surface area contributed by atoms with Gasteiger partial charge in [-0.2, -0.15) is 0 Å². The minimum atomic E-state index is 0.137. The fourth-order valence-electron chi connectivity index (χ4n) is 2.45. The maximum atomic E-state index is 9.28. The van der Waals surface area contributed by atoms with Crippen LogP contribution in [0.1, 0.15) is 30.9 Å². The first kappa shape index (κ1) is 16.6. The minimum Gasteiger partial charge on any atom is -0.395 e. The molecule has 0 aliphatic carbocycles. The normalized spacial score (nSPS) is 11.3. The fraction of sp³-hybridized carbons (Fsp3) is 0.444. The Labute approximate surface area is 132 Å². The van der Waals surface area contributed by atoms with Crippen LogP contribution in [0.5, 0.6) is 0 Å². The molecule has 0 saturated heterocycles. The maximum absolute atomic E-state index is 9.28. The van der Waals surface area contributed by atoms with Gasteiger partial charge in [-0.25, -0.2) is 0 Å². The molecule has 4 nitrogen and oxygen atoms in total. The van der Waals surface area contributed by atoms with Crippen LogP contribution in [0.15, 0.2) is 42.6 Å². The van der Waals surface area contributed by atoms with Crippen LogP contribution in [0.4, 0.5) is 0 Å². The number of rotatable bonds is 8. The van der Waals surface area contributed by atoms with Gasteiger partial charge in [0.2, 0.25) is 0 Å². The van der Waals surface area contributed by atoms with Crippen molar-refractivity contribution in [2.24, 2.45) is 5.92 Å². The van der Waals surface area contributed by atoms with Crippen molar-refractivity contribution < 1.29 is 5.11 Å². The molecule has 2 aromatic rings. The number of aromatic nitrogens is 2. The van der Waals surface area contributed by atoms with Crippen molar-refractivity contribution in [3.05, 3.63) is 59.7 Å². The number of pyridine rings is 2. The summed E-state index contributed by atoms with van der Waals surface area (Å²) >= 11 is 0. The average molecular weight is 299 g/mol. The molecule has 0 unspecified atom stereocenters. The van der Waals surface area contributed by atoms with Gasteiger partial charge in [0.15, 0.2) is 0 Å². The van der Waals surface area contributed by atoms with Crippen LogP contribution < -0.4 is 0 Å². The van der Waals surface area contributed by atoms with Crippen LogP contribution in [0.3, 0.4) is 0 Å². The lowest BCUT2D eigenvalue weighted by atomic mass is 10.1. The molecule has 0 fully saturated rings. The third-order valence-corrected chi connectivity index (χ3v) is 3.40. The molecule has 0 aromatic carbocycles. The van der Waals surface area contributed by atoms with Crippen LogP contribution in [-0.4, -0.2) is 33.1 Å². The van der Waals surface area contributed by atoms with Gasteiger partial charge in [0, 0.05) is 31.5 Å². The molecule has 0 aliphatic heterocycles. The molecule has 2 heterocycles. The fourth-order valence-corrected chi connectivity index (χ4v) is 2.45. The standard InChI is InChI=1S/C18H25N3O/c1-15(2)12-16-7-5-8-18(20-16)14-21(10-11-22)13-17-6-3-4-9-19-17/h3-9,15,22H,10-14H2,1-2H3. The second-order valence-electron chi connectivity index (χ2n) is 5.97. The maximum Gasteiger partial charge on any atom is 0.0558 e. The van der Waals surface area contributed by atoms with Crippen LogP contribution in [-0.2, 0) is 19.5 Å². The highest BCUT2D eigenvalue weighted by atomic mass is 16.3. The van der Waals surface area contributed by atoms with Crippen molar-refractivity contribution in [1.29, 1.82) is 0 Å². The Hall–Kier alpha value is -1.78. The van der Waals surface area contributed by atoms with Crippen molar-refractivity contribution in [3.63, 3.8) is 0 Å². The lowest BCUT2D eigenvalue weighted by Gasteiger charge is -2.20. The van der Waals surface area contributed by atoms with E-state index < -0.39 is 0 Å². The molecule has 0 atom stereocenters. The van der Waals surface area contributed by atoms with E-state index in [1.54, 1.807) is 6.20 Å². The molecule has 0 radical (unpaired) electrons. The van der Waals surface area contributed by atoms with Gasteiger partial charge in [0.1, 0.15) is 0 Å². The summed E-state index contributed by atoms with van der Waals surface area (Å²) in [6.07, 6.45) is 2.79. The smallest absolute Gasteiger partial charge is 0.0558 e. The second-order valence-corrected chi connectivity index (χ2v) is 5.97. The third-order valence-electron chi connectivity index (χ3n) is 3.40. The van der Waals surface area contributed by atoms with Crippen LogP contribution in [0, 0.1) is 5.92 Å². The second kappa shape index (κ2) is 8.61. The topological polar surface area (TPSA) is 49.2 Å². The van der Waals surface area contributed by atoms with Crippen molar-refractivity contribution in [2.75, 3.05) is 13.2 Å². The van der Waals surface area contributed by atoms with E-state index in [9.17, 15) is 5.11 Å². The summed E-state index contributed by atoms with van der Waals surface area (Å²) in [5, 5.41) is 9.28.